The number of benzene rings is 3. The highest BCUT2D eigenvalue weighted by molar-refractivity contribution is 7.97. The van der Waals surface area contributed by atoms with E-state index in [-0.39, 0.29) is 10.9 Å². The first-order chi connectivity index (χ1) is 16.1. The minimum Gasteiger partial charge on any atom is -0.281 e. The zero-order valence-electron chi connectivity index (χ0n) is 17.0. The number of hydrogen-bond donors (Lipinski definition) is 1. The summed E-state index contributed by atoms with van der Waals surface area (Å²) < 4.78 is 96.5. The van der Waals surface area contributed by atoms with Crippen LogP contribution in [0.3, 0.4) is 0 Å². The maximum absolute atomic E-state index is 11.9. The lowest BCUT2D eigenvalue weighted by atomic mass is 10.3. The van der Waals surface area contributed by atoms with Crippen molar-refractivity contribution >= 4 is 55.8 Å². The van der Waals surface area contributed by atoms with Gasteiger partial charge in [-0.3, -0.25) is 4.55 Å². The third-order valence-corrected chi connectivity index (χ3v) is 8.04. The van der Waals surface area contributed by atoms with Crippen molar-refractivity contribution in [2.75, 3.05) is 0 Å². The highest BCUT2D eigenvalue weighted by Gasteiger charge is 2.70. The van der Waals surface area contributed by atoms with Crippen molar-refractivity contribution in [2.45, 2.75) is 32.3 Å². The fourth-order valence-electron chi connectivity index (χ4n) is 2.42. The van der Waals surface area contributed by atoms with Gasteiger partial charge in [0, 0.05) is 15.1 Å². The molecule has 3 nitrogen and oxygen atoms in total. The molecule has 0 atom stereocenters. The van der Waals surface area contributed by atoms with E-state index in [4.69, 9.17) is 39.4 Å². The van der Waals surface area contributed by atoms with E-state index >= 15 is 0 Å². The Labute approximate surface area is 214 Å². The summed E-state index contributed by atoms with van der Waals surface area (Å²) in [4.78, 5) is 3.61. The number of rotatable bonds is 6. The van der Waals surface area contributed by atoms with Crippen LogP contribution in [0.15, 0.2) is 87.5 Å². The van der Waals surface area contributed by atoms with Crippen molar-refractivity contribution in [1.29, 1.82) is 0 Å². The van der Waals surface area contributed by atoms with E-state index in [1.54, 1.807) is 0 Å². The van der Waals surface area contributed by atoms with Crippen molar-refractivity contribution in [1.82, 2.24) is 0 Å². The first kappa shape index (κ1) is 29.6. The van der Waals surface area contributed by atoms with E-state index in [0.29, 0.717) is 0 Å². The van der Waals surface area contributed by atoms with E-state index in [1.807, 2.05) is 36.4 Å². The fraction of sp³-hybridized carbons (Fsp3) is 0.143. The molecule has 3 aromatic carbocycles. The van der Waals surface area contributed by atoms with Gasteiger partial charge in [-0.1, -0.05) is 34.8 Å². The average Bonchev–Trinajstić information content (AvgIpc) is 2.77. The predicted octanol–water partition coefficient (Wildman–Crippen LogP) is 8.11. The van der Waals surface area contributed by atoms with Gasteiger partial charge in [-0.15, -0.1) is 0 Å². The standard InChI is InChI=1S/C18H12Cl3S.C3H2F6O3S/c19-13-1-7-16(8-2-13)22(17-9-3-14(20)4-10-17)18-11-5-15(21)6-12-18;4-1(5)2(6,7)3(8,9)13(10,11)12/h1-12H;1H,(H,10,11,12)/q+1;. The zero-order valence-corrected chi connectivity index (χ0v) is 20.9. The van der Waals surface area contributed by atoms with Gasteiger partial charge < -0.3 is 0 Å². The smallest absolute Gasteiger partial charge is 0.281 e. The lowest BCUT2D eigenvalue weighted by Crippen LogP contribution is -2.51. The molecule has 0 saturated heterocycles. The molecular weight excluding hydrogens is 585 g/mol. The van der Waals surface area contributed by atoms with Crippen molar-refractivity contribution in [3.05, 3.63) is 87.9 Å². The maximum atomic E-state index is 11.9. The molecule has 190 valence electrons. The molecule has 3 rings (SSSR count). The van der Waals surface area contributed by atoms with Crippen molar-refractivity contribution in [2.24, 2.45) is 0 Å². The van der Waals surface area contributed by atoms with Crippen LogP contribution in [0.1, 0.15) is 0 Å². The molecule has 0 aliphatic carbocycles. The maximum Gasteiger partial charge on any atom is 0.437 e. The summed E-state index contributed by atoms with van der Waals surface area (Å²) >= 11 is 18.1. The Morgan fingerprint density at radius 2 is 0.914 bits per heavy atom. The van der Waals surface area contributed by atoms with Gasteiger partial charge in [-0.05, 0) is 72.8 Å². The van der Waals surface area contributed by atoms with Gasteiger partial charge in [0.25, 0.3) is 0 Å². The molecule has 0 radical (unpaired) electrons. The number of hydrogen-bond acceptors (Lipinski definition) is 2. The molecule has 0 aliphatic heterocycles. The second-order valence-electron chi connectivity index (χ2n) is 6.58. The number of halogens is 9. The minimum atomic E-state index is -6.57. The normalized spacial score (nSPS) is 12.5. The Morgan fingerprint density at radius 3 is 1.09 bits per heavy atom. The summed E-state index contributed by atoms with van der Waals surface area (Å²) in [6.07, 6.45) is -4.90. The molecule has 14 heteroatoms. The van der Waals surface area contributed by atoms with Crippen molar-refractivity contribution in [3.8, 4) is 0 Å². The van der Waals surface area contributed by atoms with Gasteiger partial charge in [0.15, 0.2) is 14.7 Å². The monoisotopic (exact) mass is 597 g/mol. The second kappa shape index (κ2) is 11.6. The second-order valence-corrected chi connectivity index (χ2v) is 11.4. The van der Waals surface area contributed by atoms with E-state index < -0.39 is 27.7 Å². The lowest BCUT2D eigenvalue weighted by molar-refractivity contribution is -0.227. The summed E-state index contributed by atoms with van der Waals surface area (Å²) in [5.41, 5.74) is 0. The Balaban J connectivity index is 0.000000287. The Kier molecular flexibility index (Phi) is 9.82. The van der Waals surface area contributed by atoms with E-state index in [9.17, 15) is 34.8 Å². The molecule has 35 heavy (non-hydrogen) atoms. The summed E-state index contributed by atoms with van der Waals surface area (Å²) in [6, 6.07) is 23.9. The quantitative estimate of drug-likeness (QED) is 0.177. The topological polar surface area (TPSA) is 54.4 Å². The van der Waals surface area contributed by atoms with Gasteiger partial charge in [-0.25, -0.2) is 8.78 Å². The summed E-state index contributed by atoms with van der Waals surface area (Å²) in [5.74, 6) is -6.12. The van der Waals surface area contributed by atoms with Crippen LogP contribution in [0, 0.1) is 0 Å². The van der Waals surface area contributed by atoms with Crippen LogP contribution < -0.4 is 0 Å². The Morgan fingerprint density at radius 1 is 0.657 bits per heavy atom. The predicted molar refractivity (Wildman–Crippen MR) is 124 cm³/mol. The van der Waals surface area contributed by atoms with Crippen LogP contribution in [-0.2, 0) is 21.0 Å². The zero-order chi connectivity index (χ0) is 26.6. The third kappa shape index (κ3) is 7.21. The van der Waals surface area contributed by atoms with Crippen LogP contribution in [0.2, 0.25) is 15.1 Å². The molecule has 0 amide bonds. The van der Waals surface area contributed by atoms with Gasteiger partial charge in [-0.2, -0.15) is 26.0 Å². The van der Waals surface area contributed by atoms with Crippen LogP contribution in [-0.4, -0.2) is 30.6 Å². The molecule has 0 unspecified atom stereocenters. The largest absolute Gasteiger partial charge is 0.437 e. The van der Waals surface area contributed by atoms with E-state index in [0.717, 1.165) is 15.1 Å². The molecular formula is C21H14Cl3F6O3S2+. The molecule has 0 fully saturated rings. The fourth-order valence-corrected chi connectivity index (χ4v) is 5.27. The molecule has 0 aliphatic rings. The van der Waals surface area contributed by atoms with Gasteiger partial charge in [0.1, 0.15) is 0 Å². The summed E-state index contributed by atoms with van der Waals surface area (Å²) in [7, 11) is -6.78. The van der Waals surface area contributed by atoms with Crippen LogP contribution in [0.5, 0.6) is 0 Å². The molecule has 1 N–H and O–H groups in total. The minimum absolute atomic E-state index is 0.215. The first-order valence-corrected chi connectivity index (χ1v) is 12.9. The van der Waals surface area contributed by atoms with Crippen LogP contribution in [0.25, 0.3) is 0 Å². The molecule has 0 aromatic heterocycles. The first-order valence-electron chi connectivity index (χ1n) is 9.09. The number of alkyl halides is 6. The van der Waals surface area contributed by atoms with Crippen molar-refractivity contribution < 1.29 is 39.3 Å². The van der Waals surface area contributed by atoms with Crippen LogP contribution >= 0.6 is 34.8 Å². The average molecular weight is 599 g/mol. The van der Waals surface area contributed by atoms with Gasteiger partial charge in [0.2, 0.25) is 0 Å². The van der Waals surface area contributed by atoms with Gasteiger partial charge >= 0.3 is 27.7 Å². The Bertz CT molecular complexity index is 1120. The molecule has 0 bridgehead atoms. The lowest BCUT2D eigenvalue weighted by Gasteiger charge is -2.22. The van der Waals surface area contributed by atoms with E-state index in [1.165, 1.54) is 14.7 Å². The highest BCUT2D eigenvalue weighted by atomic mass is 35.5. The Hall–Kier alpha value is -1.63. The van der Waals surface area contributed by atoms with Crippen molar-refractivity contribution in [3.63, 3.8) is 0 Å². The molecule has 0 saturated carbocycles. The van der Waals surface area contributed by atoms with Crippen LogP contribution in [0.4, 0.5) is 26.3 Å². The molecule has 3 aromatic rings. The third-order valence-electron chi connectivity index (χ3n) is 4.13. The molecule has 0 heterocycles. The molecule has 0 spiro atoms. The SMILES string of the molecule is Clc1ccc([S+](c2ccc(Cl)cc2)c2ccc(Cl)cc2)cc1.O=S(=O)(O)C(F)(F)C(F)(F)C(F)F. The summed E-state index contributed by atoms with van der Waals surface area (Å²) in [6.45, 7) is 0. The van der Waals surface area contributed by atoms with E-state index in [2.05, 4.69) is 36.4 Å². The van der Waals surface area contributed by atoms with Gasteiger partial charge in [0.05, 0.1) is 10.9 Å². The summed E-state index contributed by atoms with van der Waals surface area (Å²) in [5, 5.41) is -3.99. The highest BCUT2D eigenvalue weighted by Crippen LogP contribution is 2.42.